The second-order valence-corrected chi connectivity index (χ2v) is 2.66. The lowest BCUT2D eigenvalue weighted by Crippen LogP contribution is -2.16. The van der Waals surface area contributed by atoms with E-state index < -0.39 is 0 Å². The Balaban J connectivity index is 2.04. The van der Waals surface area contributed by atoms with Gasteiger partial charge >= 0.3 is 0 Å². The quantitative estimate of drug-likeness (QED) is 0.444. The Kier molecular flexibility index (Phi) is 1.02. The molecule has 0 amide bonds. The minimum absolute atomic E-state index is 0.829. The Labute approximate surface area is 49.7 Å². The minimum atomic E-state index is 0.829. The van der Waals surface area contributed by atoms with Crippen LogP contribution in [0.15, 0.2) is 0 Å². The van der Waals surface area contributed by atoms with Gasteiger partial charge in [0, 0.05) is 6.54 Å². The van der Waals surface area contributed by atoms with Crippen molar-refractivity contribution < 1.29 is 0 Å². The van der Waals surface area contributed by atoms with E-state index in [1.54, 1.807) is 0 Å². The second kappa shape index (κ2) is 1.71. The molecule has 0 aromatic heterocycles. The molecule has 0 saturated carbocycles. The summed E-state index contributed by atoms with van der Waals surface area (Å²) in [5.41, 5.74) is 0. The number of nitrogens with one attached hydrogen (secondary N) is 2. The van der Waals surface area contributed by atoms with E-state index in [4.69, 9.17) is 0 Å². The first-order valence-electron chi connectivity index (χ1n) is 3.24. The average molecular weight is 111 g/mol. The first-order valence-corrected chi connectivity index (χ1v) is 3.24. The van der Waals surface area contributed by atoms with Crippen LogP contribution in [0, 0.1) is 18.4 Å². The number of hydrogen-bond acceptors (Lipinski definition) is 2. The van der Waals surface area contributed by atoms with Gasteiger partial charge in [0.25, 0.3) is 0 Å². The molecule has 2 heterocycles. The molecule has 2 heteroatoms. The zero-order valence-corrected chi connectivity index (χ0v) is 4.85. The van der Waals surface area contributed by atoms with Crippen molar-refractivity contribution in [1.29, 1.82) is 0 Å². The van der Waals surface area contributed by atoms with Crippen LogP contribution < -0.4 is 10.6 Å². The molecule has 2 N–H and O–H groups in total. The molecule has 0 spiro atoms. The van der Waals surface area contributed by atoms with Crippen molar-refractivity contribution in [1.82, 2.24) is 10.6 Å². The van der Waals surface area contributed by atoms with E-state index >= 15 is 0 Å². The van der Waals surface area contributed by atoms with Gasteiger partial charge in [0.2, 0.25) is 0 Å². The van der Waals surface area contributed by atoms with E-state index in [2.05, 4.69) is 17.2 Å². The zero-order chi connectivity index (χ0) is 5.40. The van der Waals surface area contributed by atoms with E-state index in [1.165, 1.54) is 19.6 Å². The molecule has 8 heavy (non-hydrogen) atoms. The highest BCUT2D eigenvalue weighted by molar-refractivity contribution is 4.95. The van der Waals surface area contributed by atoms with Gasteiger partial charge in [-0.3, -0.25) is 0 Å². The molecule has 2 aliphatic heterocycles. The molecular weight excluding hydrogens is 100 g/mol. The summed E-state index contributed by atoms with van der Waals surface area (Å²) in [5.74, 6) is 1.73. The highest BCUT2D eigenvalue weighted by Gasteiger charge is 2.30. The van der Waals surface area contributed by atoms with Crippen molar-refractivity contribution in [3.8, 4) is 0 Å². The van der Waals surface area contributed by atoms with Gasteiger partial charge < -0.3 is 10.6 Å². The Morgan fingerprint density at radius 1 is 1.25 bits per heavy atom. The third-order valence-electron chi connectivity index (χ3n) is 2.10. The van der Waals surface area contributed by atoms with Crippen LogP contribution in [-0.4, -0.2) is 19.6 Å². The normalized spacial score (nSPS) is 45.0. The molecule has 2 fully saturated rings. The standard InChI is InChI=1S/C6H11N2/c1-5-2-8-4-6(5)3-7-1/h1,5-8H,2-4H2/t5-,6+/m0/s1. The van der Waals surface area contributed by atoms with Crippen LogP contribution in [-0.2, 0) is 0 Å². The molecule has 0 aliphatic carbocycles. The molecule has 0 bridgehead atoms. The summed E-state index contributed by atoms with van der Waals surface area (Å²) in [4.78, 5) is 0. The molecular formula is C6H11N2. The van der Waals surface area contributed by atoms with Crippen molar-refractivity contribution in [3.05, 3.63) is 6.54 Å². The fourth-order valence-electron chi connectivity index (χ4n) is 1.54. The van der Waals surface area contributed by atoms with Crippen LogP contribution in [0.2, 0.25) is 0 Å². The van der Waals surface area contributed by atoms with E-state index in [0.717, 1.165) is 11.8 Å². The third kappa shape index (κ3) is 0.565. The van der Waals surface area contributed by atoms with Gasteiger partial charge in [-0.15, -0.1) is 0 Å². The van der Waals surface area contributed by atoms with Gasteiger partial charge in [0.1, 0.15) is 0 Å². The molecule has 0 aromatic carbocycles. The lowest BCUT2D eigenvalue weighted by Gasteiger charge is -2.00. The van der Waals surface area contributed by atoms with E-state index in [9.17, 15) is 0 Å². The highest BCUT2D eigenvalue weighted by atomic mass is 15.0. The Bertz CT molecular complexity index is 72.5. The van der Waals surface area contributed by atoms with Crippen LogP contribution in [0.3, 0.4) is 0 Å². The summed E-state index contributed by atoms with van der Waals surface area (Å²) in [7, 11) is 0. The summed E-state index contributed by atoms with van der Waals surface area (Å²) < 4.78 is 0. The topological polar surface area (TPSA) is 24.1 Å². The van der Waals surface area contributed by atoms with E-state index in [1.807, 2.05) is 0 Å². The Morgan fingerprint density at radius 2 is 2.25 bits per heavy atom. The van der Waals surface area contributed by atoms with Gasteiger partial charge in [-0.25, -0.2) is 0 Å². The first kappa shape index (κ1) is 4.77. The molecule has 2 rings (SSSR count). The predicted molar refractivity (Wildman–Crippen MR) is 32.2 cm³/mol. The second-order valence-electron chi connectivity index (χ2n) is 2.66. The van der Waals surface area contributed by atoms with E-state index in [-0.39, 0.29) is 0 Å². The molecule has 2 saturated heterocycles. The van der Waals surface area contributed by atoms with Crippen LogP contribution in [0.25, 0.3) is 0 Å². The molecule has 2 nitrogen and oxygen atoms in total. The SMILES string of the molecule is [CH]1NC[C@@H]2CNC[C@H]12. The molecule has 0 unspecified atom stereocenters. The third-order valence-corrected chi connectivity index (χ3v) is 2.10. The molecule has 0 aromatic rings. The van der Waals surface area contributed by atoms with Gasteiger partial charge in [0.05, 0.1) is 0 Å². The zero-order valence-electron chi connectivity index (χ0n) is 4.85. The van der Waals surface area contributed by atoms with Gasteiger partial charge in [-0.2, -0.15) is 0 Å². The van der Waals surface area contributed by atoms with Gasteiger partial charge in [0.15, 0.2) is 0 Å². The van der Waals surface area contributed by atoms with Crippen molar-refractivity contribution >= 4 is 0 Å². The summed E-state index contributed by atoms with van der Waals surface area (Å²) in [6.45, 7) is 5.83. The first-order chi connectivity index (χ1) is 3.97. The maximum atomic E-state index is 3.35. The number of fused-ring (bicyclic) bond motifs is 1. The number of rotatable bonds is 0. The van der Waals surface area contributed by atoms with Crippen LogP contribution in [0.4, 0.5) is 0 Å². The van der Waals surface area contributed by atoms with Gasteiger partial charge in [-0.05, 0) is 31.5 Å². The minimum Gasteiger partial charge on any atom is -0.316 e. The van der Waals surface area contributed by atoms with Crippen molar-refractivity contribution in [2.45, 2.75) is 0 Å². The summed E-state index contributed by atoms with van der Waals surface area (Å²) >= 11 is 0. The van der Waals surface area contributed by atoms with Crippen LogP contribution in [0.5, 0.6) is 0 Å². The lowest BCUT2D eigenvalue weighted by atomic mass is 10.0. The van der Waals surface area contributed by atoms with Crippen LogP contribution in [0.1, 0.15) is 0 Å². The van der Waals surface area contributed by atoms with Crippen LogP contribution >= 0.6 is 0 Å². The lowest BCUT2D eigenvalue weighted by molar-refractivity contribution is 0.555. The summed E-state index contributed by atoms with van der Waals surface area (Å²) in [5, 5.41) is 6.61. The maximum absolute atomic E-state index is 3.35. The Morgan fingerprint density at radius 3 is 3.12 bits per heavy atom. The molecule has 2 atom stereocenters. The molecule has 1 radical (unpaired) electrons. The maximum Gasteiger partial charge on any atom is 0.0268 e. The summed E-state index contributed by atoms with van der Waals surface area (Å²) in [6, 6.07) is 0. The van der Waals surface area contributed by atoms with Gasteiger partial charge in [-0.1, -0.05) is 0 Å². The monoisotopic (exact) mass is 111 g/mol. The molecule has 45 valence electrons. The predicted octanol–water partition coefficient (Wildman–Crippen LogP) is -0.413. The Hall–Kier alpha value is -0.0800. The highest BCUT2D eigenvalue weighted by Crippen LogP contribution is 2.22. The molecule has 2 aliphatic rings. The summed E-state index contributed by atoms with van der Waals surface area (Å²) in [6.07, 6.45) is 0. The number of hydrogen-bond donors (Lipinski definition) is 2. The smallest absolute Gasteiger partial charge is 0.0268 e. The average Bonchev–Trinajstić information content (AvgIpc) is 2.15. The van der Waals surface area contributed by atoms with Crippen molar-refractivity contribution in [2.24, 2.45) is 11.8 Å². The van der Waals surface area contributed by atoms with Crippen molar-refractivity contribution in [2.75, 3.05) is 19.6 Å². The van der Waals surface area contributed by atoms with E-state index in [0.29, 0.717) is 0 Å². The largest absolute Gasteiger partial charge is 0.316 e. The fraction of sp³-hybridized carbons (Fsp3) is 0.833. The fourth-order valence-corrected chi connectivity index (χ4v) is 1.54. The van der Waals surface area contributed by atoms with Crippen molar-refractivity contribution in [3.63, 3.8) is 0 Å².